The van der Waals surface area contributed by atoms with Gasteiger partial charge in [-0.3, -0.25) is 4.90 Å². The lowest BCUT2D eigenvalue weighted by atomic mass is 9.83. The van der Waals surface area contributed by atoms with Gasteiger partial charge in [0.2, 0.25) is 0 Å². The van der Waals surface area contributed by atoms with Crippen molar-refractivity contribution in [1.29, 1.82) is 0 Å². The molecule has 0 saturated carbocycles. The highest BCUT2D eigenvalue weighted by molar-refractivity contribution is 4.92. The van der Waals surface area contributed by atoms with Crippen LogP contribution in [0.3, 0.4) is 0 Å². The Balaban J connectivity index is 2.60. The molecule has 0 aromatic carbocycles. The third-order valence-corrected chi connectivity index (χ3v) is 3.64. The van der Waals surface area contributed by atoms with E-state index >= 15 is 0 Å². The molecule has 1 aliphatic rings. The molecule has 0 bridgehead atoms. The Labute approximate surface area is 102 Å². The average Bonchev–Trinajstić information content (AvgIpc) is 2.17. The summed E-state index contributed by atoms with van der Waals surface area (Å²) in [5.41, 5.74) is 0.388. The van der Waals surface area contributed by atoms with Gasteiger partial charge in [-0.15, -0.1) is 0 Å². The Bertz CT molecular complexity index is 195. The minimum Gasteiger partial charge on any atom is -0.311 e. The molecule has 16 heavy (non-hydrogen) atoms. The fraction of sp³-hybridized carbons (Fsp3) is 1.00. The zero-order valence-corrected chi connectivity index (χ0v) is 11.8. The van der Waals surface area contributed by atoms with Crippen LogP contribution in [0.2, 0.25) is 0 Å². The van der Waals surface area contributed by atoms with Crippen molar-refractivity contribution >= 4 is 0 Å². The first kappa shape index (κ1) is 14.0. The van der Waals surface area contributed by atoms with Gasteiger partial charge in [0.1, 0.15) is 0 Å². The van der Waals surface area contributed by atoms with Crippen LogP contribution in [0.4, 0.5) is 0 Å². The average molecular weight is 226 g/mol. The molecular formula is C14H30N2. The van der Waals surface area contributed by atoms with E-state index in [0.717, 1.165) is 12.6 Å². The van der Waals surface area contributed by atoms with Gasteiger partial charge in [0.25, 0.3) is 0 Å². The van der Waals surface area contributed by atoms with E-state index in [2.05, 4.69) is 44.8 Å². The summed E-state index contributed by atoms with van der Waals surface area (Å²) in [5.74, 6) is 0. The predicted molar refractivity (Wildman–Crippen MR) is 71.8 cm³/mol. The van der Waals surface area contributed by atoms with Crippen LogP contribution in [0.5, 0.6) is 0 Å². The van der Waals surface area contributed by atoms with E-state index in [1.165, 1.54) is 32.4 Å². The molecule has 0 radical (unpaired) electrons. The maximum atomic E-state index is 3.72. The second kappa shape index (κ2) is 6.02. The van der Waals surface area contributed by atoms with Crippen molar-refractivity contribution < 1.29 is 0 Å². The molecule has 1 heterocycles. The lowest BCUT2D eigenvalue weighted by molar-refractivity contribution is 0.0540. The largest absolute Gasteiger partial charge is 0.311 e. The second-order valence-electron chi connectivity index (χ2n) is 6.27. The summed E-state index contributed by atoms with van der Waals surface area (Å²) < 4.78 is 0. The van der Waals surface area contributed by atoms with Crippen LogP contribution >= 0.6 is 0 Å². The fourth-order valence-corrected chi connectivity index (χ4v) is 2.81. The Kier molecular flexibility index (Phi) is 5.26. The van der Waals surface area contributed by atoms with E-state index in [9.17, 15) is 0 Å². The van der Waals surface area contributed by atoms with E-state index in [1.54, 1.807) is 0 Å². The zero-order chi connectivity index (χ0) is 12.2. The van der Waals surface area contributed by atoms with Crippen molar-refractivity contribution in [3.8, 4) is 0 Å². The van der Waals surface area contributed by atoms with E-state index < -0.39 is 0 Å². The molecule has 1 fully saturated rings. The first-order chi connectivity index (χ1) is 7.49. The molecule has 0 aliphatic carbocycles. The second-order valence-corrected chi connectivity index (χ2v) is 6.27. The number of hydrogen-bond acceptors (Lipinski definition) is 2. The van der Waals surface area contributed by atoms with Crippen molar-refractivity contribution in [2.45, 2.75) is 66.0 Å². The van der Waals surface area contributed by atoms with Crippen molar-refractivity contribution in [3.63, 3.8) is 0 Å². The topological polar surface area (TPSA) is 15.3 Å². The number of nitrogens with one attached hydrogen (secondary N) is 1. The SMILES string of the molecule is CCCC1CN(CCC)C(C(C)(C)C)CN1. The molecule has 2 heteroatoms. The van der Waals surface area contributed by atoms with Crippen molar-refractivity contribution in [1.82, 2.24) is 10.2 Å². The monoisotopic (exact) mass is 226 g/mol. The zero-order valence-electron chi connectivity index (χ0n) is 11.8. The highest BCUT2D eigenvalue weighted by Crippen LogP contribution is 2.27. The summed E-state index contributed by atoms with van der Waals surface area (Å²) >= 11 is 0. The molecular weight excluding hydrogens is 196 g/mol. The van der Waals surface area contributed by atoms with Crippen molar-refractivity contribution in [3.05, 3.63) is 0 Å². The standard InChI is InChI=1S/C14H30N2/c1-6-8-12-11-16(9-7-2)13(10-15-12)14(3,4)5/h12-13,15H,6-11H2,1-5H3. The van der Waals surface area contributed by atoms with Crippen molar-refractivity contribution in [2.24, 2.45) is 5.41 Å². The van der Waals surface area contributed by atoms with E-state index in [0.29, 0.717) is 11.5 Å². The highest BCUT2D eigenvalue weighted by Gasteiger charge is 2.34. The first-order valence-electron chi connectivity index (χ1n) is 6.96. The number of rotatable bonds is 4. The van der Waals surface area contributed by atoms with Gasteiger partial charge < -0.3 is 5.32 Å². The smallest absolute Gasteiger partial charge is 0.0269 e. The lowest BCUT2D eigenvalue weighted by Crippen LogP contribution is -2.60. The molecule has 1 aliphatic heterocycles. The number of piperazine rings is 1. The molecule has 96 valence electrons. The van der Waals surface area contributed by atoms with Crippen molar-refractivity contribution in [2.75, 3.05) is 19.6 Å². The molecule has 2 nitrogen and oxygen atoms in total. The van der Waals surface area contributed by atoms with Crippen LogP contribution in [0, 0.1) is 5.41 Å². The van der Waals surface area contributed by atoms with Crippen LogP contribution in [0.15, 0.2) is 0 Å². The lowest BCUT2D eigenvalue weighted by Gasteiger charge is -2.46. The molecule has 2 atom stereocenters. The van der Waals surface area contributed by atoms with Gasteiger partial charge in [0, 0.05) is 25.2 Å². The Hall–Kier alpha value is -0.0800. The summed E-state index contributed by atoms with van der Waals surface area (Å²) in [7, 11) is 0. The van der Waals surface area contributed by atoms with Gasteiger partial charge in [-0.1, -0.05) is 41.0 Å². The van der Waals surface area contributed by atoms with Gasteiger partial charge in [-0.25, -0.2) is 0 Å². The maximum absolute atomic E-state index is 3.72. The van der Waals surface area contributed by atoms with Gasteiger partial charge in [0.05, 0.1) is 0 Å². The van der Waals surface area contributed by atoms with Gasteiger partial charge in [-0.05, 0) is 24.8 Å². The summed E-state index contributed by atoms with van der Waals surface area (Å²) in [5, 5.41) is 3.72. The number of hydrogen-bond donors (Lipinski definition) is 1. The van der Waals surface area contributed by atoms with Crippen LogP contribution < -0.4 is 5.32 Å². The van der Waals surface area contributed by atoms with Crippen LogP contribution in [0.25, 0.3) is 0 Å². The minimum atomic E-state index is 0.388. The fourth-order valence-electron chi connectivity index (χ4n) is 2.81. The molecule has 0 spiro atoms. The summed E-state index contributed by atoms with van der Waals surface area (Å²) in [6.07, 6.45) is 3.88. The normalized spacial score (nSPS) is 28.3. The van der Waals surface area contributed by atoms with Crippen LogP contribution in [-0.4, -0.2) is 36.6 Å². The van der Waals surface area contributed by atoms with Crippen LogP contribution in [-0.2, 0) is 0 Å². The molecule has 1 rings (SSSR count). The Morgan fingerprint density at radius 2 is 1.88 bits per heavy atom. The van der Waals surface area contributed by atoms with E-state index in [1.807, 2.05) is 0 Å². The molecule has 0 aromatic heterocycles. The third-order valence-electron chi connectivity index (χ3n) is 3.64. The molecule has 1 saturated heterocycles. The molecule has 0 amide bonds. The first-order valence-corrected chi connectivity index (χ1v) is 6.96. The van der Waals surface area contributed by atoms with E-state index in [4.69, 9.17) is 0 Å². The van der Waals surface area contributed by atoms with Gasteiger partial charge >= 0.3 is 0 Å². The third kappa shape index (κ3) is 3.74. The highest BCUT2D eigenvalue weighted by atomic mass is 15.2. The maximum Gasteiger partial charge on any atom is 0.0269 e. The van der Waals surface area contributed by atoms with Crippen LogP contribution in [0.1, 0.15) is 53.9 Å². The summed E-state index contributed by atoms with van der Waals surface area (Å²) in [4.78, 5) is 2.71. The number of nitrogens with zero attached hydrogens (tertiary/aromatic N) is 1. The van der Waals surface area contributed by atoms with Gasteiger partial charge in [-0.2, -0.15) is 0 Å². The minimum absolute atomic E-state index is 0.388. The van der Waals surface area contributed by atoms with Gasteiger partial charge in [0.15, 0.2) is 0 Å². The Morgan fingerprint density at radius 3 is 2.38 bits per heavy atom. The summed E-state index contributed by atoms with van der Waals surface area (Å²) in [6, 6.07) is 1.41. The summed E-state index contributed by atoms with van der Waals surface area (Å²) in [6.45, 7) is 15.3. The molecule has 2 unspecified atom stereocenters. The predicted octanol–water partition coefficient (Wildman–Crippen LogP) is 2.89. The molecule has 1 N–H and O–H groups in total. The Morgan fingerprint density at radius 1 is 1.19 bits per heavy atom. The quantitative estimate of drug-likeness (QED) is 0.793. The molecule has 0 aromatic rings. The van der Waals surface area contributed by atoms with E-state index in [-0.39, 0.29) is 0 Å².